The Hall–Kier alpha value is -2.41. The fourth-order valence-corrected chi connectivity index (χ4v) is 1.62. The van der Waals surface area contributed by atoms with Crippen LogP contribution in [0.5, 0.6) is 5.75 Å². The van der Waals surface area contributed by atoms with Crippen molar-refractivity contribution in [2.45, 2.75) is 6.61 Å². The van der Waals surface area contributed by atoms with Crippen molar-refractivity contribution in [3.05, 3.63) is 30.1 Å². The molecule has 0 saturated heterocycles. The second kappa shape index (κ2) is 5.49. The monoisotopic (exact) mass is 262 g/mol. The van der Waals surface area contributed by atoms with Crippen molar-refractivity contribution < 1.29 is 14.6 Å². The molecule has 100 valence electrons. The third-order valence-electron chi connectivity index (χ3n) is 2.53. The fraction of sp³-hybridized carbons (Fsp3) is 0.250. The Balaban J connectivity index is 2.42. The number of carbonyl (C=O) groups excluding carboxylic acids is 1. The van der Waals surface area contributed by atoms with Gasteiger partial charge in [-0.15, -0.1) is 0 Å². The molecule has 1 heterocycles. The number of anilines is 1. The highest BCUT2D eigenvalue weighted by Gasteiger charge is 2.10. The molecular weight excluding hydrogens is 248 g/mol. The molecule has 0 spiro atoms. The fourth-order valence-electron chi connectivity index (χ4n) is 1.62. The van der Waals surface area contributed by atoms with Crippen LogP contribution >= 0.6 is 0 Å². The van der Waals surface area contributed by atoms with E-state index in [-0.39, 0.29) is 6.61 Å². The molecule has 19 heavy (non-hydrogen) atoms. The third-order valence-corrected chi connectivity index (χ3v) is 2.53. The number of carbonyl (C=O) groups is 1. The zero-order chi connectivity index (χ0) is 13.8. The number of rotatable bonds is 5. The van der Waals surface area contributed by atoms with Crippen molar-refractivity contribution in [2.75, 3.05) is 19.0 Å². The first-order valence-corrected chi connectivity index (χ1v) is 5.60. The van der Waals surface area contributed by atoms with Gasteiger partial charge < -0.3 is 14.7 Å². The van der Waals surface area contributed by atoms with Crippen LogP contribution in [0, 0.1) is 0 Å². The Labute approximate surface area is 110 Å². The van der Waals surface area contributed by atoms with E-state index in [4.69, 9.17) is 9.84 Å². The minimum Gasteiger partial charge on any atom is -0.427 e. The van der Waals surface area contributed by atoms with Gasteiger partial charge in [-0.3, -0.25) is 4.79 Å². The highest BCUT2D eigenvalue weighted by Crippen LogP contribution is 2.28. The standard InChI is InChI=1S/C12H14N4O3/c1-15(2)11-5-10(3-4-12(11)19-8-18)16-13-6-9(7-17)14-16/h3-6,8,17H,7H2,1-2H3. The van der Waals surface area contributed by atoms with Gasteiger partial charge in [0.15, 0.2) is 5.75 Å². The smallest absolute Gasteiger partial charge is 0.298 e. The van der Waals surface area contributed by atoms with Gasteiger partial charge in [0.1, 0.15) is 5.69 Å². The molecule has 0 aliphatic rings. The van der Waals surface area contributed by atoms with Gasteiger partial charge in [0, 0.05) is 14.1 Å². The summed E-state index contributed by atoms with van der Waals surface area (Å²) in [6.07, 6.45) is 1.49. The second-order valence-corrected chi connectivity index (χ2v) is 4.04. The molecule has 1 aromatic heterocycles. The first-order valence-electron chi connectivity index (χ1n) is 5.60. The number of benzene rings is 1. The SMILES string of the molecule is CN(C)c1cc(-n2ncc(CO)n2)ccc1OC=O. The summed E-state index contributed by atoms with van der Waals surface area (Å²) in [6.45, 7) is 0.227. The van der Waals surface area contributed by atoms with Gasteiger partial charge in [0.05, 0.1) is 24.2 Å². The lowest BCUT2D eigenvalue weighted by atomic mass is 10.2. The van der Waals surface area contributed by atoms with Crippen LogP contribution < -0.4 is 9.64 Å². The van der Waals surface area contributed by atoms with E-state index in [1.54, 1.807) is 18.2 Å². The summed E-state index contributed by atoms with van der Waals surface area (Å²) in [6, 6.07) is 5.19. The minimum atomic E-state index is -0.160. The summed E-state index contributed by atoms with van der Waals surface area (Å²) >= 11 is 0. The molecule has 0 aliphatic heterocycles. The minimum absolute atomic E-state index is 0.160. The molecule has 0 radical (unpaired) electrons. The summed E-state index contributed by atoms with van der Waals surface area (Å²) < 4.78 is 4.90. The van der Waals surface area contributed by atoms with Crippen LogP contribution in [0.1, 0.15) is 5.69 Å². The van der Waals surface area contributed by atoms with Gasteiger partial charge in [-0.25, -0.2) is 0 Å². The molecule has 1 aromatic carbocycles. The number of ether oxygens (including phenoxy) is 1. The number of aliphatic hydroxyl groups is 1. The Bertz CT molecular complexity index is 580. The molecule has 1 N–H and O–H groups in total. The van der Waals surface area contributed by atoms with Gasteiger partial charge in [0.2, 0.25) is 0 Å². The number of hydrogen-bond acceptors (Lipinski definition) is 6. The molecule has 0 aliphatic carbocycles. The number of hydrogen-bond donors (Lipinski definition) is 1. The van der Waals surface area contributed by atoms with E-state index >= 15 is 0 Å². The van der Waals surface area contributed by atoms with Gasteiger partial charge in [-0.05, 0) is 18.2 Å². The average molecular weight is 262 g/mol. The quantitative estimate of drug-likeness (QED) is 0.784. The van der Waals surface area contributed by atoms with Crippen molar-refractivity contribution in [3.63, 3.8) is 0 Å². The maximum atomic E-state index is 10.4. The molecule has 0 atom stereocenters. The normalized spacial score (nSPS) is 10.3. The molecule has 7 nitrogen and oxygen atoms in total. The highest BCUT2D eigenvalue weighted by atomic mass is 16.5. The zero-order valence-corrected chi connectivity index (χ0v) is 10.6. The summed E-state index contributed by atoms with van der Waals surface area (Å²) in [5, 5.41) is 17.1. The van der Waals surface area contributed by atoms with Crippen LogP contribution in [0.15, 0.2) is 24.4 Å². The van der Waals surface area contributed by atoms with Crippen LogP contribution in [-0.4, -0.2) is 40.7 Å². The lowest BCUT2D eigenvalue weighted by Crippen LogP contribution is -2.11. The molecule has 0 amide bonds. The predicted molar refractivity (Wildman–Crippen MR) is 68.3 cm³/mol. The van der Waals surface area contributed by atoms with E-state index in [0.717, 1.165) is 5.69 Å². The summed E-state index contributed by atoms with van der Waals surface area (Å²) in [7, 11) is 3.68. The number of aliphatic hydroxyl groups excluding tert-OH is 1. The van der Waals surface area contributed by atoms with E-state index in [1.807, 2.05) is 19.0 Å². The first-order chi connectivity index (χ1) is 9.15. The van der Waals surface area contributed by atoms with Gasteiger partial charge in [0.25, 0.3) is 6.47 Å². The zero-order valence-electron chi connectivity index (χ0n) is 10.6. The molecular formula is C12H14N4O3. The highest BCUT2D eigenvalue weighted by molar-refractivity contribution is 5.65. The summed E-state index contributed by atoms with van der Waals surface area (Å²) in [4.78, 5) is 13.7. The van der Waals surface area contributed by atoms with Crippen LogP contribution in [0.4, 0.5) is 5.69 Å². The van der Waals surface area contributed by atoms with Crippen LogP contribution in [-0.2, 0) is 11.4 Å². The molecule has 0 fully saturated rings. The number of aromatic nitrogens is 3. The Morgan fingerprint density at radius 3 is 2.84 bits per heavy atom. The maximum absolute atomic E-state index is 10.4. The third kappa shape index (κ3) is 2.71. The van der Waals surface area contributed by atoms with E-state index in [0.29, 0.717) is 23.6 Å². The van der Waals surface area contributed by atoms with Crippen molar-refractivity contribution in [1.29, 1.82) is 0 Å². The first kappa shape index (κ1) is 13.0. The maximum Gasteiger partial charge on any atom is 0.298 e. The molecule has 2 aromatic rings. The molecule has 2 rings (SSSR count). The average Bonchev–Trinajstić information content (AvgIpc) is 2.88. The molecule has 7 heteroatoms. The summed E-state index contributed by atoms with van der Waals surface area (Å²) in [5.74, 6) is 0.457. The van der Waals surface area contributed by atoms with Crippen LogP contribution in [0.2, 0.25) is 0 Å². The van der Waals surface area contributed by atoms with Crippen LogP contribution in [0.25, 0.3) is 5.69 Å². The van der Waals surface area contributed by atoms with E-state index in [2.05, 4.69) is 10.2 Å². The van der Waals surface area contributed by atoms with Crippen molar-refractivity contribution in [3.8, 4) is 11.4 Å². The molecule has 0 unspecified atom stereocenters. The van der Waals surface area contributed by atoms with E-state index in [1.165, 1.54) is 11.0 Å². The van der Waals surface area contributed by atoms with Gasteiger partial charge in [-0.1, -0.05) is 0 Å². The Kier molecular flexibility index (Phi) is 3.76. The molecule has 0 bridgehead atoms. The summed E-state index contributed by atoms with van der Waals surface area (Å²) in [5.41, 5.74) is 1.92. The van der Waals surface area contributed by atoms with E-state index in [9.17, 15) is 4.79 Å². The van der Waals surface area contributed by atoms with Crippen molar-refractivity contribution in [2.24, 2.45) is 0 Å². The molecule has 0 saturated carbocycles. The Morgan fingerprint density at radius 2 is 2.26 bits per heavy atom. The largest absolute Gasteiger partial charge is 0.427 e. The van der Waals surface area contributed by atoms with Crippen molar-refractivity contribution in [1.82, 2.24) is 15.0 Å². The lowest BCUT2D eigenvalue weighted by molar-refractivity contribution is -0.120. The second-order valence-electron chi connectivity index (χ2n) is 4.04. The Morgan fingerprint density at radius 1 is 1.47 bits per heavy atom. The van der Waals surface area contributed by atoms with Crippen molar-refractivity contribution >= 4 is 12.2 Å². The van der Waals surface area contributed by atoms with Gasteiger partial charge in [-0.2, -0.15) is 15.0 Å². The number of nitrogens with zero attached hydrogens (tertiary/aromatic N) is 4. The lowest BCUT2D eigenvalue weighted by Gasteiger charge is -2.16. The predicted octanol–water partition coefficient (Wildman–Crippen LogP) is 0.361. The van der Waals surface area contributed by atoms with Crippen LogP contribution in [0.3, 0.4) is 0 Å². The topological polar surface area (TPSA) is 80.5 Å². The van der Waals surface area contributed by atoms with Gasteiger partial charge >= 0.3 is 0 Å². The van der Waals surface area contributed by atoms with E-state index < -0.39 is 0 Å².